The van der Waals surface area contributed by atoms with Gasteiger partial charge in [0, 0.05) is 4.47 Å². The van der Waals surface area contributed by atoms with E-state index in [0.717, 1.165) is 18.2 Å². The van der Waals surface area contributed by atoms with E-state index in [0.29, 0.717) is 0 Å². The van der Waals surface area contributed by atoms with Crippen LogP contribution in [0.2, 0.25) is 0 Å². The van der Waals surface area contributed by atoms with E-state index >= 15 is 0 Å². The minimum absolute atomic E-state index is 0.0881. The summed E-state index contributed by atoms with van der Waals surface area (Å²) < 4.78 is 31.1. The van der Waals surface area contributed by atoms with Gasteiger partial charge in [0.1, 0.15) is 0 Å². The molecule has 0 saturated carbocycles. The predicted octanol–water partition coefficient (Wildman–Crippen LogP) is 2.55. The molecule has 0 radical (unpaired) electrons. The molecule has 0 aromatic heterocycles. The monoisotopic (exact) mass is 293 g/mol. The molecule has 4 nitrogen and oxygen atoms in total. The molecule has 1 aromatic rings. The molecule has 0 atom stereocenters. The quantitative estimate of drug-likeness (QED) is 0.529. The van der Waals surface area contributed by atoms with Crippen molar-refractivity contribution in [1.29, 1.82) is 0 Å². The number of aliphatic imine (C=N–C) groups is 1. The van der Waals surface area contributed by atoms with Gasteiger partial charge in [0.25, 0.3) is 0 Å². The summed E-state index contributed by atoms with van der Waals surface area (Å²) >= 11 is 2.83. The second-order valence-electron chi connectivity index (χ2n) is 2.75. The van der Waals surface area contributed by atoms with E-state index in [1.807, 2.05) is 0 Å². The molecule has 0 spiro atoms. The summed E-state index contributed by atoms with van der Waals surface area (Å²) in [6.45, 7) is 0. The average Bonchev–Trinajstić information content (AvgIpc) is 2.17. The van der Waals surface area contributed by atoms with E-state index in [1.54, 1.807) is 0 Å². The van der Waals surface area contributed by atoms with E-state index < -0.39 is 11.6 Å². The van der Waals surface area contributed by atoms with Crippen LogP contribution in [0.4, 0.5) is 8.78 Å². The number of methoxy groups -OCH3 is 1. The topological polar surface area (TPSA) is 58.9 Å². The molecule has 86 valence electrons. The zero-order valence-electron chi connectivity index (χ0n) is 8.00. The second kappa shape index (κ2) is 4.59. The Kier molecular flexibility index (Phi) is 3.62. The number of hydrogen-bond acceptors (Lipinski definition) is 4. The van der Waals surface area contributed by atoms with E-state index in [4.69, 9.17) is 0 Å². The maximum absolute atomic E-state index is 13.3. The van der Waals surface area contributed by atoms with Crippen LogP contribution in [0.3, 0.4) is 0 Å². The van der Waals surface area contributed by atoms with E-state index in [-0.39, 0.29) is 16.0 Å². The largest absolute Gasteiger partial charge is 0.504 e. The molecule has 0 bridgehead atoms. The Morgan fingerprint density at radius 3 is 2.69 bits per heavy atom. The minimum Gasteiger partial charge on any atom is -0.504 e. The lowest BCUT2D eigenvalue weighted by Gasteiger charge is -2.13. The van der Waals surface area contributed by atoms with Crippen LogP contribution in [0.1, 0.15) is 5.56 Å². The molecule has 0 heterocycles. The van der Waals surface area contributed by atoms with Gasteiger partial charge in [-0.25, -0.2) is 4.79 Å². The van der Waals surface area contributed by atoms with Crippen LogP contribution in [0.5, 0.6) is 11.5 Å². The standard InChI is InChI=1S/C9H6BrF2NO3/c1-16-8-2-5(6(10)3-7(8)15)9(11,12)13-4-14/h2-3,15H,1H3. The molecule has 0 saturated heterocycles. The fourth-order valence-corrected chi connectivity index (χ4v) is 1.62. The number of isocyanates is 1. The van der Waals surface area contributed by atoms with E-state index in [1.165, 1.54) is 7.11 Å². The summed E-state index contributed by atoms with van der Waals surface area (Å²) in [6.07, 6.45) is 0.787. The molecule has 0 aliphatic heterocycles. The number of aromatic hydroxyl groups is 1. The third-order valence-corrected chi connectivity index (χ3v) is 2.43. The van der Waals surface area contributed by atoms with Crippen molar-refractivity contribution in [3.05, 3.63) is 22.2 Å². The highest BCUT2D eigenvalue weighted by atomic mass is 79.9. The number of alkyl halides is 2. The summed E-state index contributed by atoms with van der Waals surface area (Å²) in [5.41, 5.74) is -0.592. The lowest BCUT2D eigenvalue weighted by molar-refractivity contribution is 0.00517. The first-order chi connectivity index (χ1) is 7.42. The van der Waals surface area contributed by atoms with Gasteiger partial charge < -0.3 is 9.84 Å². The highest BCUT2D eigenvalue weighted by Crippen LogP contribution is 2.40. The molecule has 16 heavy (non-hydrogen) atoms. The van der Waals surface area contributed by atoms with Crippen LogP contribution in [-0.2, 0) is 10.8 Å². The molecule has 1 aromatic carbocycles. The second-order valence-corrected chi connectivity index (χ2v) is 3.60. The molecule has 0 aliphatic rings. The number of halogens is 3. The lowest BCUT2D eigenvalue weighted by Crippen LogP contribution is -2.10. The highest BCUT2D eigenvalue weighted by Gasteiger charge is 2.34. The van der Waals surface area contributed by atoms with Gasteiger partial charge in [-0.3, -0.25) is 0 Å². The summed E-state index contributed by atoms with van der Waals surface area (Å²) in [5, 5.41) is 9.30. The molecule has 0 unspecified atom stereocenters. The van der Waals surface area contributed by atoms with Gasteiger partial charge in [0.15, 0.2) is 11.5 Å². The fraction of sp³-hybridized carbons (Fsp3) is 0.222. The number of phenols is 1. The first-order valence-electron chi connectivity index (χ1n) is 3.96. The summed E-state index contributed by atoms with van der Waals surface area (Å²) in [6, 6.07) is -1.80. The zero-order chi connectivity index (χ0) is 12.3. The number of ether oxygens (including phenoxy) is 1. The van der Waals surface area contributed by atoms with Crippen LogP contribution >= 0.6 is 15.9 Å². The SMILES string of the molecule is COc1cc(C(F)(F)N=C=O)c(Br)cc1O. The van der Waals surface area contributed by atoms with Crippen LogP contribution < -0.4 is 4.74 Å². The van der Waals surface area contributed by atoms with Crippen LogP contribution in [0.15, 0.2) is 21.6 Å². The molecule has 0 fully saturated rings. The van der Waals surface area contributed by atoms with Crippen LogP contribution in [0.25, 0.3) is 0 Å². The van der Waals surface area contributed by atoms with Crippen molar-refractivity contribution in [2.24, 2.45) is 4.99 Å². The first kappa shape index (κ1) is 12.6. The molecule has 0 aliphatic carbocycles. The van der Waals surface area contributed by atoms with Gasteiger partial charge >= 0.3 is 6.05 Å². The third kappa shape index (κ3) is 2.37. The van der Waals surface area contributed by atoms with Crippen LogP contribution in [0, 0.1) is 0 Å². The van der Waals surface area contributed by atoms with Crippen molar-refractivity contribution in [2.45, 2.75) is 6.05 Å². The molecule has 1 rings (SSSR count). The van der Waals surface area contributed by atoms with Gasteiger partial charge in [-0.2, -0.15) is 8.78 Å². The number of carbonyl (C=O) groups excluding carboxylic acids is 1. The Balaban J connectivity index is 3.39. The maximum Gasteiger partial charge on any atom is 0.380 e. The number of nitrogens with zero attached hydrogens (tertiary/aromatic N) is 1. The van der Waals surface area contributed by atoms with Gasteiger partial charge in [0.05, 0.1) is 12.7 Å². The lowest BCUT2D eigenvalue weighted by atomic mass is 10.1. The minimum atomic E-state index is -3.72. The van der Waals surface area contributed by atoms with E-state index in [2.05, 4.69) is 25.7 Å². The molecular weight excluding hydrogens is 288 g/mol. The van der Waals surface area contributed by atoms with Crippen molar-refractivity contribution >= 4 is 22.0 Å². The number of hydrogen-bond donors (Lipinski definition) is 1. The Morgan fingerprint density at radius 1 is 1.56 bits per heavy atom. The Morgan fingerprint density at radius 2 is 2.19 bits per heavy atom. The Bertz CT molecular complexity index is 458. The Labute approximate surface area is 97.7 Å². The average molecular weight is 294 g/mol. The van der Waals surface area contributed by atoms with E-state index in [9.17, 15) is 18.7 Å². The van der Waals surface area contributed by atoms with Gasteiger partial charge in [0.2, 0.25) is 6.08 Å². The number of benzene rings is 1. The van der Waals surface area contributed by atoms with Crippen molar-refractivity contribution in [3.63, 3.8) is 0 Å². The third-order valence-electron chi connectivity index (χ3n) is 1.78. The molecule has 7 heteroatoms. The maximum atomic E-state index is 13.3. The van der Waals surface area contributed by atoms with Gasteiger partial charge in [-0.1, -0.05) is 15.9 Å². The number of phenolic OH excluding ortho intramolecular Hbond substituents is 1. The van der Waals surface area contributed by atoms with Crippen molar-refractivity contribution in [3.8, 4) is 11.5 Å². The highest BCUT2D eigenvalue weighted by molar-refractivity contribution is 9.10. The van der Waals surface area contributed by atoms with Crippen molar-refractivity contribution < 1.29 is 23.4 Å². The Hall–Kier alpha value is -1.46. The fourth-order valence-electron chi connectivity index (χ4n) is 1.05. The summed E-state index contributed by atoms with van der Waals surface area (Å²) in [5.74, 6) is -0.442. The normalized spacial score (nSPS) is 10.8. The zero-order valence-corrected chi connectivity index (χ0v) is 9.59. The molecule has 0 amide bonds. The predicted molar refractivity (Wildman–Crippen MR) is 54.4 cm³/mol. The number of rotatable bonds is 3. The first-order valence-corrected chi connectivity index (χ1v) is 4.75. The van der Waals surface area contributed by atoms with Crippen LogP contribution in [-0.4, -0.2) is 18.3 Å². The molecular formula is C9H6BrF2NO3. The molecule has 1 N–H and O–H groups in total. The smallest absolute Gasteiger partial charge is 0.380 e. The summed E-state index contributed by atoms with van der Waals surface area (Å²) in [4.78, 5) is 12.2. The van der Waals surface area contributed by atoms with Crippen molar-refractivity contribution in [1.82, 2.24) is 0 Å². The summed E-state index contributed by atoms with van der Waals surface area (Å²) in [7, 11) is 1.22. The van der Waals surface area contributed by atoms with Gasteiger partial charge in [-0.15, -0.1) is 4.99 Å². The van der Waals surface area contributed by atoms with Gasteiger partial charge in [-0.05, 0) is 12.1 Å². The van der Waals surface area contributed by atoms with Crippen molar-refractivity contribution in [2.75, 3.05) is 7.11 Å².